The number of carbonyl (C=O) groups excluding carboxylic acids is 1. The summed E-state index contributed by atoms with van der Waals surface area (Å²) in [5.74, 6) is 0.269. The van der Waals surface area contributed by atoms with E-state index in [0.717, 1.165) is 0 Å². The third-order valence-corrected chi connectivity index (χ3v) is 3.72. The predicted molar refractivity (Wildman–Crippen MR) is 83.6 cm³/mol. The van der Waals surface area contributed by atoms with Crippen LogP contribution in [-0.4, -0.2) is 45.0 Å². The van der Waals surface area contributed by atoms with E-state index in [1.54, 1.807) is 19.1 Å². The van der Waals surface area contributed by atoms with E-state index >= 15 is 0 Å². The number of methoxy groups -OCH3 is 1. The zero-order valence-electron chi connectivity index (χ0n) is 13.5. The molecule has 126 valence electrons. The highest BCUT2D eigenvalue weighted by Crippen LogP contribution is 2.38. The van der Waals surface area contributed by atoms with Crippen molar-refractivity contribution in [1.29, 1.82) is 0 Å². The molecule has 1 aromatic carbocycles. The molecule has 1 aromatic heterocycles. The van der Waals surface area contributed by atoms with Gasteiger partial charge in [0.25, 0.3) is 0 Å². The van der Waals surface area contributed by atoms with Crippen LogP contribution in [0, 0.1) is 0 Å². The van der Waals surface area contributed by atoms with Gasteiger partial charge in [-0.1, -0.05) is 11.2 Å². The molecule has 0 bridgehead atoms. The molecule has 2 heterocycles. The first kappa shape index (κ1) is 15.8. The molecular weight excluding hydrogens is 314 g/mol. The molecule has 0 aliphatic carbocycles. The monoisotopic (exact) mass is 331 g/mol. The lowest BCUT2D eigenvalue weighted by atomic mass is 9.95. The summed E-state index contributed by atoms with van der Waals surface area (Å²) in [5.41, 5.74) is 1.66. The first-order valence-corrected chi connectivity index (χ1v) is 7.36. The molecule has 0 saturated carbocycles. The average molecular weight is 331 g/mol. The lowest BCUT2D eigenvalue weighted by molar-refractivity contribution is -0.136. The lowest BCUT2D eigenvalue weighted by Crippen LogP contribution is -2.29. The van der Waals surface area contributed by atoms with Crippen molar-refractivity contribution in [1.82, 2.24) is 20.2 Å². The third-order valence-electron chi connectivity index (χ3n) is 3.72. The zero-order chi connectivity index (χ0) is 17.3. The molecule has 0 amide bonds. The van der Waals surface area contributed by atoms with Crippen LogP contribution in [0.3, 0.4) is 0 Å². The Hall–Kier alpha value is -3.10. The van der Waals surface area contributed by atoms with Gasteiger partial charge in [0.15, 0.2) is 11.5 Å². The minimum Gasteiger partial charge on any atom is -0.504 e. The molecule has 2 aromatic rings. The Balaban J connectivity index is 2.16. The number of aromatic hydroxyl groups is 1. The van der Waals surface area contributed by atoms with E-state index in [-0.39, 0.29) is 5.75 Å². The summed E-state index contributed by atoms with van der Waals surface area (Å²) in [4.78, 5) is 12.3. The summed E-state index contributed by atoms with van der Waals surface area (Å²) < 4.78 is 11.8. The number of nitrogens with zero attached hydrogens (tertiary/aromatic N) is 4. The molecule has 9 nitrogen and oxygen atoms in total. The quantitative estimate of drug-likeness (QED) is 0.805. The van der Waals surface area contributed by atoms with E-state index < -0.39 is 12.0 Å². The molecule has 9 heteroatoms. The predicted octanol–water partition coefficient (Wildman–Crippen LogP) is 1.24. The molecule has 1 aliphatic rings. The molecule has 0 unspecified atom stereocenters. The number of carbonyl (C=O) groups is 1. The number of ether oxygens (including phenoxy) is 2. The van der Waals surface area contributed by atoms with Crippen LogP contribution in [0.1, 0.15) is 25.5 Å². The molecule has 0 fully saturated rings. The Morgan fingerprint density at radius 3 is 2.96 bits per heavy atom. The second-order valence-electron chi connectivity index (χ2n) is 5.17. The number of hydrogen-bond acceptors (Lipinski definition) is 8. The smallest absolute Gasteiger partial charge is 0.338 e. The molecule has 1 aliphatic heterocycles. The van der Waals surface area contributed by atoms with Gasteiger partial charge in [-0.2, -0.15) is 4.68 Å². The number of anilines is 1. The summed E-state index contributed by atoms with van der Waals surface area (Å²) in [6.07, 6.45) is 0. The van der Waals surface area contributed by atoms with Crippen molar-refractivity contribution in [2.75, 3.05) is 19.0 Å². The van der Waals surface area contributed by atoms with E-state index in [0.29, 0.717) is 35.1 Å². The Bertz CT molecular complexity index is 814. The van der Waals surface area contributed by atoms with Gasteiger partial charge in [-0.05, 0) is 42.0 Å². The fourth-order valence-corrected chi connectivity index (χ4v) is 2.67. The van der Waals surface area contributed by atoms with Gasteiger partial charge in [0.1, 0.15) is 6.04 Å². The van der Waals surface area contributed by atoms with Gasteiger partial charge >= 0.3 is 5.97 Å². The van der Waals surface area contributed by atoms with Gasteiger partial charge in [0.05, 0.1) is 19.3 Å². The summed E-state index contributed by atoms with van der Waals surface area (Å²) in [5, 5.41) is 24.4. The molecule has 0 radical (unpaired) electrons. The van der Waals surface area contributed by atoms with Gasteiger partial charge in [-0.25, -0.2) is 4.79 Å². The van der Waals surface area contributed by atoms with Crippen LogP contribution < -0.4 is 10.1 Å². The molecule has 0 spiro atoms. The Morgan fingerprint density at radius 1 is 1.46 bits per heavy atom. The van der Waals surface area contributed by atoms with E-state index in [9.17, 15) is 9.90 Å². The van der Waals surface area contributed by atoms with Crippen molar-refractivity contribution in [3.05, 3.63) is 35.0 Å². The summed E-state index contributed by atoms with van der Waals surface area (Å²) in [6, 6.07) is 4.27. The number of hydrogen-bond donors (Lipinski definition) is 2. The van der Waals surface area contributed by atoms with Gasteiger partial charge in [-0.3, -0.25) is 0 Å². The Morgan fingerprint density at radius 2 is 2.25 bits per heavy atom. The average Bonchev–Trinajstić information content (AvgIpc) is 3.03. The number of phenolic OH excluding ortho intramolecular Hbond substituents is 1. The van der Waals surface area contributed by atoms with Gasteiger partial charge in [0.2, 0.25) is 5.95 Å². The highest BCUT2D eigenvalue weighted by molar-refractivity contribution is 5.92. The van der Waals surface area contributed by atoms with Crippen molar-refractivity contribution < 1.29 is 19.4 Å². The molecule has 24 heavy (non-hydrogen) atoms. The van der Waals surface area contributed by atoms with E-state index in [4.69, 9.17) is 9.47 Å². The maximum atomic E-state index is 12.3. The van der Waals surface area contributed by atoms with Gasteiger partial charge < -0.3 is 19.9 Å². The number of benzene rings is 1. The lowest BCUT2D eigenvalue weighted by Gasteiger charge is -2.27. The van der Waals surface area contributed by atoms with Crippen molar-refractivity contribution in [3.63, 3.8) is 0 Å². The minimum absolute atomic E-state index is 0.0202. The molecule has 1 atom stereocenters. The number of nitrogens with one attached hydrogen (secondary N) is 1. The van der Waals surface area contributed by atoms with Crippen LogP contribution in [0.4, 0.5) is 5.95 Å². The number of phenols is 1. The van der Waals surface area contributed by atoms with Crippen molar-refractivity contribution in [3.8, 4) is 11.5 Å². The minimum atomic E-state index is -0.594. The fourth-order valence-electron chi connectivity index (χ4n) is 2.67. The summed E-state index contributed by atoms with van der Waals surface area (Å²) in [7, 11) is 1.32. The van der Waals surface area contributed by atoms with Crippen LogP contribution in [0.25, 0.3) is 0 Å². The van der Waals surface area contributed by atoms with E-state index in [1.807, 2.05) is 6.92 Å². The first-order valence-electron chi connectivity index (χ1n) is 7.36. The Kier molecular flexibility index (Phi) is 4.07. The number of esters is 1. The van der Waals surface area contributed by atoms with Crippen molar-refractivity contribution in [2.45, 2.75) is 19.9 Å². The second kappa shape index (κ2) is 6.19. The largest absolute Gasteiger partial charge is 0.504 e. The van der Waals surface area contributed by atoms with Crippen LogP contribution in [0.5, 0.6) is 11.5 Å². The van der Waals surface area contributed by atoms with E-state index in [2.05, 4.69) is 20.8 Å². The maximum Gasteiger partial charge on any atom is 0.338 e. The molecule has 0 saturated heterocycles. The molecular formula is C15H17N5O4. The normalized spacial score (nSPS) is 16.4. The molecule has 2 N–H and O–H groups in total. The van der Waals surface area contributed by atoms with Crippen LogP contribution >= 0.6 is 0 Å². The highest BCUT2D eigenvalue weighted by atomic mass is 16.5. The zero-order valence-corrected chi connectivity index (χ0v) is 13.5. The fraction of sp³-hybridized carbons (Fsp3) is 0.333. The summed E-state index contributed by atoms with van der Waals surface area (Å²) >= 11 is 0. The number of rotatable bonds is 4. The number of tetrazole rings is 1. The number of aromatic nitrogens is 4. The topological polar surface area (TPSA) is 111 Å². The number of allylic oxidation sites excluding steroid dienone is 1. The van der Waals surface area contributed by atoms with Crippen molar-refractivity contribution >= 4 is 11.9 Å². The maximum absolute atomic E-state index is 12.3. The first-order chi connectivity index (χ1) is 11.6. The SMILES string of the molecule is CCOc1cc([C@@H]2C(C(=O)OC)=C(C)Nc3nnnn32)ccc1O. The second-order valence-corrected chi connectivity index (χ2v) is 5.17. The third kappa shape index (κ3) is 2.53. The summed E-state index contributed by atoms with van der Waals surface area (Å²) in [6.45, 7) is 3.97. The van der Waals surface area contributed by atoms with Crippen LogP contribution in [0.15, 0.2) is 29.5 Å². The highest BCUT2D eigenvalue weighted by Gasteiger charge is 2.35. The van der Waals surface area contributed by atoms with Gasteiger partial charge in [0, 0.05) is 5.70 Å². The van der Waals surface area contributed by atoms with Crippen LogP contribution in [0.2, 0.25) is 0 Å². The standard InChI is InChI=1S/C15H17N5O4/c1-4-24-11-7-9(5-6-10(11)21)13-12(14(22)23-3)8(2)16-15-17-18-19-20(13)15/h5-7,13,21H,4H2,1-3H3,(H,16,17,19)/t13-/m1/s1. The Labute approximate surface area is 137 Å². The van der Waals surface area contributed by atoms with Gasteiger partial charge in [-0.15, -0.1) is 0 Å². The number of fused-ring (bicyclic) bond motifs is 1. The molecule has 3 rings (SSSR count). The van der Waals surface area contributed by atoms with E-state index in [1.165, 1.54) is 17.9 Å². The van der Waals surface area contributed by atoms with Crippen molar-refractivity contribution in [2.24, 2.45) is 0 Å². The van der Waals surface area contributed by atoms with Crippen LogP contribution in [-0.2, 0) is 9.53 Å².